The molecule has 1 atom stereocenters. The van der Waals surface area contributed by atoms with Gasteiger partial charge in [-0.15, -0.1) is 11.3 Å². The van der Waals surface area contributed by atoms with Gasteiger partial charge < -0.3 is 15.5 Å². The molecule has 5 nitrogen and oxygen atoms in total. The van der Waals surface area contributed by atoms with E-state index in [0.29, 0.717) is 0 Å². The van der Waals surface area contributed by atoms with E-state index in [1.54, 1.807) is 18.4 Å². The fourth-order valence-corrected chi connectivity index (χ4v) is 3.53. The van der Waals surface area contributed by atoms with E-state index in [2.05, 4.69) is 23.5 Å². The average molecular weight is 375 g/mol. The molecule has 0 fully saturated rings. The lowest BCUT2D eigenvalue weighted by atomic mass is 10.1. The van der Waals surface area contributed by atoms with Gasteiger partial charge in [-0.1, -0.05) is 36.4 Å². The molecule has 0 spiro atoms. The zero-order valence-electron chi connectivity index (χ0n) is 15.9. The Morgan fingerprint density at radius 2 is 1.85 bits per heavy atom. The molecule has 2 aromatic rings. The summed E-state index contributed by atoms with van der Waals surface area (Å²) in [6, 6.07) is 14.3. The van der Waals surface area contributed by atoms with E-state index in [0.717, 1.165) is 5.56 Å². The van der Waals surface area contributed by atoms with E-state index < -0.39 is 0 Å². The van der Waals surface area contributed by atoms with Crippen LogP contribution in [0.3, 0.4) is 0 Å². The zero-order chi connectivity index (χ0) is 19.2. The smallest absolute Gasteiger partial charge is 0.277 e. The minimum Gasteiger partial charge on any atom is -0.350 e. The lowest BCUT2D eigenvalue weighted by Gasteiger charge is -2.23. The minimum absolute atomic E-state index is 0.0634. The predicted molar refractivity (Wildman–Crippen MR) is 105 cm³/mol. The lowest BCUT2D eigenvalue weighted by Crippen LogP contribution is -2.87. The summed E-state index contributed by atoms with van der Waals surface area (Å²) in [5.41, 5.74) is 0.862. The molecule has 0 aliphatic heterocycles. The normalized spacial score (nSPS) is 12.5. The van der Waals surface area contributed by atoms with Gasteiger partial charge in [-0.25, -0.2) is 0 Å². The molecule has 26 heavy (non-hydrogen) atoms. The molecule has 2 amide bonds. The van der Waals surface area contributed by atoms with Crippen LogP contribution in [0.25, 0.3) is 0 Å². The van der Waals surface area contributed by atoms with Gasteiger partial charge >= 0.3 is 0 Å². The highest BCUT2D eigenvalue weighted by Crippen LogP contribution is 2.22. The quantitative estimate of drug-likeness (QED) is 0.776. The predicted octanol–water partition coefficient (Wildman–Crippen LogP) is 1.77. The Kier molecular flexibility index (Phi) is 6.94. The Bertz CT molecular complexity index is 708. The maximum absolute atomic E-state index is 12.5. The molecule has 0 aliphatic carbocycles. The molecule has 3 N–H and O–H groups in total. The molecule has 0 radical (unpaired) electrons. The van der Waals surface area contributed by atoms with E-state index >= 15 is 0 Å². The summed E-state index contributed by atoms with van der Waals surface area (Å²) in [5.74, 6) is -0.210. The van der Waals surface area contributed by atoms with Crippen molar-refractivity contribution in [1.29, 1.82) is 0 Å². The summed E-state index contributed by atoms with van der Waals surface area (Å²) >= 11 is 1.68. The second-order valence-electron chi connectivity index (χ2n) is 7.39. The summed E-state index contributed by atoms with van der Waals surface area (Å²) < 4.78 is 0. The number of benzene rings is 1. The maximum Gasteiger partial charge on any atom is 0.277 e. The number of nitrogens with one attached hydrogen (secondary N) is 1. The number of carbonyl (C=O) groups excluding carboxylic acids is 2. The number of carbonyl (C=O) groups is 2. The van der Waals surface area contributed by atoms with Crippen molar-refractivity contribution in [3.63, 3.8) is 0 Å². The summed E-state index contributed by atoms with van der Waals surface area (Å²) in [6.07, 6.45) is 0. The first kappa shape index (κ1) is 20.1. The van der Waals surface area contributed by atoms with Crippen LogP contribution in [0.2, 0.25) is 0 Å². The van der Waals surface area contributed by atoms with Crippen LogP contribution in [0, 0.1) is 0 Å². The van der Waals surface area contributed by atoms with Crippen LogP contribution in [-0.2, 0) is 9.59 Å². The lowest BCUT2D eigenvalue weighted by molar-refractivity contribution is -0.676. The van der Waals surface area contributed by atoms with Gasteiger partial charge in [0.2, 0.25) is 5.91 Å². The van der Waals surface area contributed by atoms with E-state index in [1.807, 2.05) is 55.7 Å². The van der Waals surface area contributed by atoms with Crippen LogP contribution in [0.5, 0.6) is 0 Å². The van der Waals surface area contributed by atoms with Crippen molar-refractivity contribution < 1.29 is 14.9 Å². The topological polar surface area (TPSA) is 66.0 Å². The van der Waals surface area contributed by atoms with Crippen LogP contribution in [0.4, 0.5) is 0 Å². The van der Waals surface area contributed by atoms with Gasteiger partial charge in [0, 0.05) is 18.2 Å². The number of thiophene rings is 1. The van der Waals surface area contributed by atoms with Gasteiger partial charge in [0.05, 0.1) is 11.4 Å². The van der Waals surface area contributed by atoms with Gasteiger partial charge in [0.25, 0.3) is 5.91 Å². The third-order valence-corrected chi connectivity index (χ3v) is 4.81. The van der Waals surface area contributed by atoms with Gasteiger partial charge in [-0.2, -0.15) is 0 Å². The Balaban J connectivity index is 1.96. The van der Waals surface area contributed by atoms with Crippen LogP contribution >= 0.6 is 11.3 Å². The summed E-state index contributed by atoms with van der Waals surface area (Å²) in [6.45, 7) is 6.12. The molecule has 2 rings (SSSR count). The molecular weight excluding hydrogens is 346 g/mol. The van der Waals surface area contributed by atoms with Crippen molar-refractivity contribution in [2.75, 3.05) is 20.1 Å². The molecule has 0 unspecified atom stereocenters. The van der Waals surface area contributed by atoms with E-state index in [9.17, 15) is 9.59 Å². The Hall–Kier alpha value is -2.18. The first-order valence-electron chi connectivity index (χ1n) is 8.73. The average Bonchev–Trinajstić information content (AvgIpc) is 3.08. The molecule has 0 saturated carbocycles. The van der Waals surface area contributed by atoms with Crippen molar-refractivity contribution in [3.05, 3.63) is 58.3 Å². The van der Waals surface area contributed by atoms with E-state index in [4.69, 9.17) is 0 Å². The Morgan fingerprint density at radius 1 is 1.15 bits per heavy atom. The number of nitrogens with zero attached hydrogens (tertiary/aromatic N) is 1. The summed E-state index contributed by atoms with van der Waals surface area (Å²) in [4.78, 5) is 27.2. The summed E-state index contributed by atoms with van der Waals surface area (Å²) in [5, 5.41) is 6.95. The van der Waals surface area contributed by atoms with Gasteiger partial charge in [-0.05, 0) is 32.2 Å². The number of likely N-dealkylation sites (N-methyl/N-ethyl adjacent to an activating group) is 1. The SMILES string of the molecule is CN(CC(=O)NC(C)(C)C)C(=O)C[NH2+][C@H](c1ccccc1)c1cccs1. The molecule has 1 aromatic carbocycles. The van der Waals surface area contributed by atoms with Gasteiger partial charge in [0.1, 0.15) is 6.04 Å². The molecule has 0 saturated heterocycles. The number of hydrogen-bond donors (Lipinski definition) is 2. The third kappa shape index (κ3) is 6.28. The highest BCUT2D eigenvalue weighted by Gasteiger charge is 2.22. The monoisotopic (exact) mass is 374 g/mol. The second kappa shape index (κ2) is 8.96. The number of nitrogens with two attached hydrogens (primary N) is 1. The van der Waals surface area contributed by atoms with Crippen molar-refractivity contribution in [1.82, 2.24) is 10.2 Å². The molecule has 6 heteroatoms. The van der Waals surface area contributed by atoms with Crippen molar-refractivity contribution >= 4 is 23.2 Å². The second-order valence-corrected chi connectivity index (χ2v) is 8.37. The molecule has 0 aliphatic rings. The number of hydrogen-bond acceptors (Lipinski definition) is 3. The zero-order valence-corrected chi connectivity index (χ0v) is 16.7. The minimum atomic E-state index is -0.301. The Morgan fingerprint density at radius 3 is 2.42 bits per heavy atom. The fraction of sp³-hybridized carbons (Fsp3) is 0.400. The molecule has 0 bridgehead atoms. The standard InChI is InChI=1S/C20H27N3O2S/c1-20(2,3)22-17(24)14-23(4)18(25)13-21-19(16-11-8-12-26-16)15-9-6-5-7-10-15/h5-12,19,21H,13-14H2,1-4H3,(H,22,24)/p+1/t19-/m1/s1. The Labute approximate surface area is 159 Å². The van der Waals surface area contributed by atoms with Crippen LogP contribution in [0.15, 0.2) is 47.8 Å². The molecule has 140 valence electrons. The highest BCUT2D eigenvalue weighted by molar-refractivity contribution is 7.10. The van der Waals surface area contributed by atoms with Crippen molar-refractivity contribution in [3.8, 4) is 0 Å². The molecular formula is C20H28N3O2S+. The first-order chi connectivity index (χ1) is 12.3. The van der Waals surface area contributed by atoms with Crippen molar-refractivity contribution in [2.24, 2.45) is 0 Å². The maximum atomic E-state index is 12.5. The number of quaternary nitrogens is 1. The molecule has 1 aromatic heterocycles. The van der Waals surface area contributed by atoms with Crippen molar-refractivity contribution in [2.45, 2.75) is 32.4 Å². The van der Waals surface area contributed by atoms with E-state index in [-0.39, 0.29) is 36.5 Å². The van der Waals surface area contributed by atoms with Crippen LogP contribution in [0.1, 0.15) is 37.3 Å². The third-order valence-electron chi connectivity index (χ3n) is 3.86. The number of rotatable bonds is 7. The van der Waals surface area contributed by atoms with Gasteiger partial charge in [-0.3, -0.25) is 9.59 Å². The van der Waals surface area contributed by atoms with Crippen LogP contribution < -0.4 is 10.6 Å². The molecule has 1 heterocycles. The fourth-order valence-electron chi connectivity index (χ4n) is 2.68. The largest absolute Gasteiger partial charge is 0.350 e. The summed E-state index contributed by atoms with van der Waals surface area (Å²) in [7, 11) is 1.67. The van der Waals surface area contributed by atoms with Crippen LogP contribution in [-0.4, -0.2) is 42.4 Å². The number of amides is 2. The van der Waals surface area contributed by atoms with Gasteiger partial charge in [0.15, 0.2) is 6.54 Å². The van der Waals surface area contributed by atoms with E-state index in [1.165, 1.54) is 9.78 Å². The first-order valence-corrected chi connectivity index (χ1v) is 9.61. The highest BCUT2D eigenvalue weighted by atomic mass is 32.1.